The third-order valence-corrected chi connectivity index (χ3v) is 7.69. The Labute approximate surface area is 262 Å². The average Bonchev–Trinajstić information content (AvgIpc) is 3.17. The summed E-state index contributed by atoms with van der Waals surface area (Å²) in [5.74, 6) is -1.18. The number of fused-ring (bicyclic) bond motifs is 1. The molecule has 0 saturated carbocycles. The first-order valence-electron chi connectivity index (χ1n) is 14.7. The molecule has 0 spiro atoms. The van der Waals surface area contributed by atoms with E-state index in [9.17, 15) is 19.2 Å². The first-order chi connectivity index (χ1) is 21.7. The second kappa shape index (κ2) is 13.5. The van der Waals surface area contributed by atoms with Gasteiger partial charge in [0, 0.05) is 24.1 Å². The van der Waals surface area contributed by atoms with E-state index in [-0.39, 0.29) is 43.8 Å². The summed E-state index contributed by atoms with van der Waals surface area (Å²) >= 11 is 0. The molecule has 45 heavy (non-hydrogen) atoms. The van der Waals surface area contributed by atoms with Crippen molar-refractivity contribution in [3.63, 3.8) is 0 Å². The summed E-state index contributed by atoms with van der Waals surface area (Å²) in [5, 5.41) is 2.95. The SMILES string of the molecule is CCOC(=O)CN1C(=O)CCN(C(=O)c2ccc(NC(=O)c3ccccc3-c3ccc(C)cc3C)c(OC)c2)c2ccccc21. The molecule has 5 rings (SSSR count). The van der Waals surface area contributed by atoms with Gasteiger partial charge in [0.25, 0.3) is 11.8 Å². The number of nitrogens with zero attached hydrogens (tertiary/aromatic N) is 2. The summed E-state index contributed by atoms with van der Waals surface area (Å²) in [4.78, 5) is 55.7. The maximum absolute atomic E-state index is 13.9. The molecule has 9 nitrogen and oxygen atoms in total. The Kier molecular flexibility index (Phi) is 9.28. The molecule has 230 valence electrons. The molecular formula is C36H35N3O6. The third-order valence-electron chi connectivity index (χ3n) is 7.69. The first-order valence-corrected chi connectivity index (χ1v) is 14.7. The molecule has 0 radical (unpaired) electrons. The van der Waals surface area contributed by atoms with E-state index >= 15 is 0 Å². The lowest BCUT2D eigenvalue weighted by Crippen LogP contribution is -2.36. The van der Waals surface area contributed by atoms with Crippen molar-refractivity contribution in [1.29, 1.82) is 0 Å². The maximum atomic E-state index is 13.9. The lowest BCUT2D eigenvalue weighted by Gasteiger charge is -2.25. The van der Waals surface area contributed by atoms with Gasteiger partial charge in [0.15, 0.2) is 0 Å². The highest BCUT2D eigenvalue weighted by Gasteiger charge is 2.31. The number of methoxy groups -OCH3 is 1. The summed E-state index contributed by atoms with van der Waals surface area (Å²) in [6.07, 6.45) is 0.0188. The number of para-hydroxylation sites is 2. The van der Waals surface area contributed by atoms with Crippen molar-refractivity contribution < 1.29 is 28.7 Å². The minimum Gasteiger partial charge on any atom is -0.495 e. The van der Waals surface area contributed by atoms with Gasteiger partial charge in [0.1, 0.15) is 12.3 Å². The van der Waals surface area contributed by atoms with Crippen molar-refractivity contribution in [3.05, 3.63) is 107 Å². The van der Waals surface area contributed by atoms with Gasteiger partial charge in [-0.05, 0) is 73.9 Å². The second-order valence-corrected chi connectivity index (χ2v) is 10.7. The number of aryl methyl sites for hydroxylation is 2. The molecule has 1 aliphatic rings. The van der Waals surface area contributed by atoms with E-state index < -0.39 is 5.97 Å². The quantitative estimate of drug-likeness (QED) is 0.241. The number of hydrogen-bond donors (Lipinski definition) is 1. The van der Waals surface area contributed by atoms with Crippen molar-refractivity contribution in [3.8, 4) is 16.9 Å². The van der Waals surface area contributed by atoms with Crippen molar-refractivity contribution in [2.75, 3.05) is 41.9 Å². The van der Waals surface area contributed by atoms with Gasteiger partial charge in [-0.25, -0.2) is 0 Å². The standard InChI is InChI=1S/C36H35N3O6/c1-5-45-34(41)22-39-31-13-9-8-12-30(31)38(19-18-33(39)40)36(43)25-15-17-29(32(21-25)44-4)37-35(42)28-11-7-6-10-27(28)26-16-14-23(2)20-24(26)3/h6-17,20-21H,5,18-19,22H2,1-4H3,(H,37,42). The minimum atomic E-state index is -0.528. The number of carbonyl (C=O) groups is 4. The fourth-order valence-electron chi connectivity index (χ4n) is 5.54. The number of benzene rings is 4. The van der Waals surface area contributed by atoms with E-state index in [4.69, 9.17) is 9.47 Å². The first kappa shape index (κ1) is 31.0. The minimum absolute atomic E-state index is 0.0188. The summed E-state index contributed by atoms with van der Waals surface area (Å²) < 4.78 is 10.7. The van der Waals surface area contributed by atoms with Crippen LogP contribution in [0.15, 0.2) is 84.9 Å². The van der Waals surface area contributed by atoms with Crippen LogP contribution in [0.2, 0.25) is 0 Å². The Morgan fingerprint density at radius 1 is 0.867 bits per heavy atom. The zero-order valence-electron chi connectivity index (χ0n) is 25.8. The predicted molar refractivity (Wildman–Crippen MR) is 174 cm³/mol. The fourth-order valence-corrected chi connectivity index (χ4v) is 5.54. The largest absolute Gasteiger partial charge is 0.495 e. The number of hydrogen-bond acceptors (Lipinski definition) is 6. The Balaban J connectivity index is 1.42. The number of rotatable bonds is 8. The van der Waals surface area contributed by atoms with Crippen LogP contribution in [0.1, 0.15) is 45.2 Å². The molecule has 0 fully saturated rings. The van der Waals surface area contributed by atoms with Crippen molar-refractivity contribution in [2.24, 2.45) is 0 Å². The number of ether oxygens (including phenoxy) is 2. The van der Waals surface area contributed by atoms with Crippen LogP contribution in [0.4, 0.5) is 17.1 Å². The van der Waals surface area contributed by atoms with Crippen LogP contribution in [-0.2, 0) is 14.3 Å². The van der Waals surface area contributed by atoms with E-state index in [2.05, 4.69) is 11.4 Å². The third kappa shape index (κ3) is 6.57. The smallest absolute Gasteiger partial charge is 0.326 e. The molecule has 0 bridgehead atoms. The Morgan fingerprint density at radius 2 is 1.60 bits per heavy atom. The molecule has 9 heteroatoms. The van der Waals surface area contributed by atoms with Crippen molar-refractivity contribution >= 4 is 40.8 Å². The molecule has 1 aliphatic heterocycles. The summed E-state index contributed by atoms with van der Waals surface area (Å²) in [5.41, 5.74) is 6.14. The molecule has 0 saturated heterocycles. The fraction of sp³-hybridized carbons (Fsp3) is 0.222. The molecule has 1 heterocycles. The molecule has 0 atom stereocenters. The molecule has 1 N–H and O–H groups in total. The molecule has 0 aromatic heterocycles. The van der Waals surface area contributed by atoms with Gasteiger partial charge < -0.3 is 19.7 Å². The van der Waals surface area contributed by atoms with E-state index in [1.165, 1.54) is 16.9 Å². The normalized spacial score (nSPS) is 12.7. The number of esters is 1. The molecular weight excluding hydrogens is 570 g/mol. The van der Waals surface area contributed by atoms with Crippen LogP contribution in [0, 0.1) is 13.8 Å². The molecule has 0 aliphatic carbocycles. The van der Waals surface area contributed by atoms with Crippen LogP contribution < -0.4 is 19.9 Å². The van der Waals surface area contributed by atoms with Crippen LogP contribution in [-0.4, -0.2) is 50.5 Å². The second-order valence-electron chi connectivity index (χ2n) is 10.7. The van der Waals surface area contributed by atoms with Gasteiger partial charge in [0.2, 0.25) is 5.91 Å². The van der Waals surface area contributed by atoms with E-state index in [0.29, 0.717) is 33.9 Å². The number of amides is 3. The van der Waals surface area contributed by atoms with Crippen molar-refractivity contribution in [1.82, 2.24) is 0 Å². The predicted octanol–water partition coefficient (Wildman–Crippen LogP) is 6.18. The van der Waals surface area contributed by atoms with Crippen LogP contribution >= 0.6 is 0 Å². The Hall–Kier alpha value is -5.44. The summed E-state index contributed by atoms with van der Waals surface area (Å²) in [6, 6.07) is 25.3. The highest BCUT2D eigenvalue weighted by atomic mass is 16.5. The Morgan fingerprint density at radius 3 is 2.33 bits per heavy atom. The number of carbonyl (C=O) groups excluding carboxylic acids is 4. The van der Waals surface area contributed by atoms with Gasteiger partial charge in [-0.15, -0.1) is 0 Å². The number of anilines is 3. The molecule has 4 aromatic rings. The van der Waals surface area contributed by atoms with Crippen LogP contribution in [0.5, 0.6) is 5.75 Å². The highest BCUT2D eigenvalue weighted by Crippen LogP contribution is 2.35. The lowest BCUT2D eigenvalue weighted by molar-refractivity contribution is -0.142. The summed E-state index contributed by atoms with van der Waals surface area (Å²) in [7, 11) is 1.47. The van der Waals surface area contributed by atoms with Gasteiger partial charge in [0.05, 0.1) is 30.8 Å². The maximum Gasteiger partial charge on any atom is 0.326 e. The summed E-state index contributed by atoms with van der Waals surface area (Å²) in [6.45, 7) is 5.82. The van der Waals surface area contributed by atoms with Gasteiger partial charge in [-0.1, -0.05) is 54.1 Å². The van der Waals surface area contributed by atoms with Gasteiger partial charge in [-0.2, -0.15) is 0 Å². The van der Waals surface area contributed by atoms with E-state index in [1.54, 1.807) is 55.5 Å². The van der Waals surface area contributed by atoms with Crippen molar-refractivity contribution in [2.45, 2.75) is 27.2 Å². The van der Waals surface area contributed by atoms with E-state index in [0.717, 1.165) is 22.3 Å². The highest BCUT2D eigenvalue weighted by molar-refractivity contribution is 6.13. The van der Waals surface area contributed by atoms with E-state index in [1.807, 2.05) is 44.2 Å². The topological polar surface area (TPSA) is 105 Å². The van der Waals surface area contributed by atoms with Crippen LogP contribution in [0.25, 0.3) is 11.1 Å². The lowest BCUT2D eigenvalue weighted by atomic mass is 9.94. The zero-order chi connectivity index (χ0) is 32.1. The monoisotopic (exact) mass is 605 g/mol. The number of nitrogens with one attached hydrogen (secondary N) is 1. The van der Waals surface area contributed by atoms with Gasteiger partial charge in [-0.3, -0.25) is 24.1 Å². The molecule has 0 unspecified atom stereocenters. The molecule has 3 amide bonds. The van der Waals surface area contributed by atoms with Crippen LogP contribution in [0.3, 0.4) is 0 Å². The van der Waals surface area contributed by atoms with Gasteiger partial charge >= 0.3 is 5.97 Å². The average molecular weight is 606 g/mol. The zero-order valence-corrected chi connectivity index (χ0v) is 25.8. The molecule has 4 aromatic carbocycles. The Bertz CT molecular complexity index is 1780.